The molecule has 3 aliphatic rings. The molecule has 2 aromatic carbocycles. The number of hydrogen-bond donors (Lipinski definition) is 1. The fourth-order valence-electron chi connectivity index (χ4n) is 5.83. The number of piperazine rings is 1. The maximum atomic E-state index is 13.1. The van der Waals surface area contributed by atoms with Crippen LogP contribution in [0.5, 0.6) is 0 Å². The van der Waals surface area contributed by atoms with Gasteiger partial charge >= 0.3 is 0 Å². The molecule has 1 N–H and O–H groups in total. The third-order valence-corrected chi connectivity index (χ3v) is 9.68. The monoisotopic (exact) mass is 552 g/mol. The summed E-state index contributed by atoms with van der Waals surface area (Å²) in [5.74, 6) is 0.165. The summed E-state index contributed by atoms with van der Waals surface area (Å²) in [5.41, 5.74) is 3.42. The Morgan fingerprint density at radius 3 is 2.66 bits per heavy atom. The van der Waals surface area contributed by atoms with Crippen molar-refractivity contribution in [1.82, 2.24) is 15.1 Å². The van der Waals surface area contributed by atoms with Gasteiger partial charge in [-0.3, -0.25) is 14.5 Å². The Morgan fingerprint density at radius 2 is 1.89 bits per heavy atom. The lowest BCUT2D eigenvalue weighted by Gasteiger charge is -2.44. The lowest BCUT2D eigenvalue weighted by molar-refractivity contribution is -0.131. The van der Waals surface area contributed by atoms with Crippen molar-refractivity contribution in [2.75, 3.05) is 51.2 Å². The quantitative estimate of drug-likeness (QED) is 0.528. The van der Waals surface area contributed by atoms with Gasteiger partial charge in [-0.1, -0.05) is 47.5 Å². The van der Waals surface area contributed by atoms with Crippen LogP contribution in [0, 0.1) is 12.8 Å². The largest absolute Gasteiger partial charge is 0.369 e. The predicted molar refractivity (Wildman–Crippen MR) is 158 cm³/mol. The number of carbonyl (C=O) groups excluding carboxylic acids is 2. The Morgan fingerprint density at radius 1 is 1.11 bits per heavy atom. The lowest BCUT2D eigenvalue weighted by Crippen LogP contribution is -2.53. The number of halogens is 1. The molecule has 0 aromatic heterocycles. The van der Waals surface area contributed by atoms with Crippen LogP contribution in [-0.2, 0) is 9.59 Å². The zero-order chi connectivity index (χ0) is 26.6. The van der Waals surface area contributed by atoms with E-state index in [0.717, 1.165) is 67.5 Å². The molecule has 0 bridgehead atoms. The number of carbonyl (C=O) groups is 2. The fraction of sp³-hybridized carbons (Fsp3) is 0.467. The number of anilines is 1. The molecule has 0 spiro atoms. The first-order chi connectivity index (χ1) is 18.4. The van der Waals surface area contributed by atoms with E-state index >= 15 is 0 Å². The summed E-state index contributed by atoms with van der Waals surface area (Å²) in [6.07, 6.45) is 4.57. The average molecular weight is 553 g/mol. The summed E-state index contributed by atoms with van der Waals surface area (Å²) >= 11 is 7.85. The molecule has 6 nitrogen and oxygen atoms in total. The molecular weight excluding hydrogens is 516 g/mol. The second kappa shape index (κ2) is 12.1. The molecule has 1 aliphatic carbocycles. The maximum absolute atomic E-state index is 13.1. The summed E-state index contributed by atoms with van der Waals surface area (Å²) in [4.78, 5) is 33.6. The van der Waals surface area contributed by atoms with E-state index < -0.39 is 0 Å². The molecule has 3 fully saturated rings. The highest BCUT2D eigenvalue weighted by Gasteiger charge is 2.42. The molecule has 1 saturated carbocycles. The first kappa shape index (κ1) is 27.1. The SMILES string of the molecule is Cc1cccc(/C=C2\SC3CCC(C(=O)NCCN4CCN(c5cccc(Cl)c5)CC4)CC3N(C)C2=O)c1. The Labute approximate surface area is 235 Å². The van der Waals surface area contributed by atoms with Gasteiger partial charge in [-0.25, -0.2) is 0 Å². The van der Waals surface area contributed by atoms with E-state index in [4.69, 9.17) is 11.6 Å². The number of hydrogen-bond acceptors (Lipinski definition) is 5. The van der Waals surface area contributed by atoms with Crippen LogP contribution < -0.4 is 10.2 Å². The highest BCUT2D eigenvalue weighted by molar-refractivity contribution is 8.04. The van der Waals surface area contributed by atoms with Crippen molar-refractivity contribution < 1.29 is 9.59 Å². The number of nitrogens with zero attached hydrogens (tertiary/aromatic N) is 3. The first-order valence-electron chi connectivity index (χ1n) is 13.6. The zero-order valence-corrected chi connectivity index (χ0v) is 23.8. The zero-order valence-electron chi connectivity index (χ0n) is 22.2. The van der Waals surface area contributed by atoms with Crippen LogP contribution in [0.3, 0.4) is 0 Å². The van der Waals surface area contributed by atoms with Gasteiger partial charge in [-0.15, -0.1) is 11.8 Å². The average Bonchev–Trinajstić information content (AvgIpc) is 2.92. The molecule has 2 aromatic rings. The topological polar surface area (TPSA) is 55.9 Å². The lowest BCUT2D eigenvalue weighted by atomic mass is 9.83. The van der Waals surface area contributed by atoms with E-state index in [-0.39, 0.29) is 23.8 Å². The first-order valence-corrected chi connectivity index (χ1v) is 14.9. The molecule has 3 unspecified atom stereocenters. The van der Waals surface area contributed by atoms with Crippen molar-refractivity contribution in [2.24, 2.45) is 5.92 Å². The Bertz CT molecular complexity index is 1200. The van der Waals surface area contributed by atoms with Crippen molar-refractivity contribution in [3.05, 3.63) is 69.6 Å². The van der Waals surface area contributed by atoms with E-state index in [1.54, 1.807) is 11.8 Å². The van der Waals surface area contributed by atoms with E-state index in [1.807, 2.05) is 48.4 Å². The highest BCUT2D eigenvalue weighted by atomic mass is 35.5. The van der Waals surface area contributed by atoms with Crippen LogP contribution >= 0.6 is 23.4 Å². The van der Waals surface area contributed by atoms with Gasteiger partial charge < -0.3 is 15.1 Å². The molecule has 202 valence electrons. The second-order valence-corrected chi connectivity index (χ2v) is 12.4. The van der Waals surface area contributed by atoms with Crippen molar-refractivity contribution in [3.63, 3.8) is 0 Å². The summed E-state index contributed by atoms with van der Waals surface area (Å²) in [7, 11) is 1.90. The van der Waals surface area contributed by atoms with Gasteiger partial charge in [0.15, 0.2) is 0 Å². The summed E-state index contributed by atoms with van der Waals surface area (Å²) in [5, 5.41) is 4.29. The molecule has 2 aliphatic heterocycles. The van der Waals surface area contributed by atoms with Gasteiger partial charge in [0.05, 0.1) is 4.91 Å². The molecule has 2 heterocycles. The van der Waals surface area contributed by atoms with Crippen LogP contribution in [0.1, 0.15) is 30.4 Å². The molecule has 38 heavy (non-hydrogen) atoms. The van der Waals surface area contributed by atoms with Crippen LogP contribution in [0.25, 0.3) is 6.08 Å². The van der Waals surface area contributed by atoms with E-state index in [2.05, 4.69) is 40.2 Å². The van der Waals surface area contributed by atoms with Crippen molar-refractivity contribution >= 4 is 46.9 Å². The third kappa shape index (κ3) is 6.38. The molecule has 3 atom stereocenters. The van der Waals surface area contributed by atoms with Crippen LogP contribution in [-0.4, -0.2) is 79.2 Å². The molecule has 5 rings (SSSR count). The van der Waals surface area contributed by atoms with Crippen LogP contribution in [0.4, 0.5) is 5.69 Å². The number of rotatable bonds is 6. The Kier molecular flexibility index (Phi) is 8.66. The third-order valence-electron chi connectivity index (χ3n) is 8.05. The number of nitrogens with one attached hydrogen (secondary N) is 1. The summed E-state index contributed by atoms with van der Waals surface area (Å²) in [6, 6.07) is 16.4. The normalized spacial score (nSPS) is 25.4. The van der Waals surface area contributed by atoms with Crippen molar-refractivity contribution in [2.45, 2.75) is 37.5 Å². The summed E-state index contributed by atoms with van der Waals surface area (Å²) in [6.45, 7) is 7.44. The summed E-state index contributed by atoms with van der Waals surface area (Å²) < 4.78 is 0. The molecule has 2 amide bonds. The smallest absolute Gasteiger partial charge is 0.260 e. The van der Waals surface area contributed by atoms with Gasteiger partial charge in [0.1, 0.15) is 0 Å². The number of aryl methyl sites for hydroxylation is 1. The van der Waals surface area contributed by atoms with Crippen molar-refractivity contribution in [1.29, 1.82) is 0 Å². The van der Waals surface area contributed by atoms with Gasteiger partial charge in [0.25, 0.3) is 5.91 Å². The van der Waals surface area contributed by atoms with Gasteiger partial charge in [0.2, 0.25) is 5.91 Å². The number of likely N-dealkylation sites (N-methyl/N-ethyl adjacent to an activating group) is 1. The Balaban J connectivity index is 1.08. The minimum Gasteiger partial charge on any atom is -0.369 e. The number of amides is 2. The van der Waals surface area contributed by atoms with E-state index in [0.29, 0.717) is 11.8 Å². The van der Waals surface area contributed by atoms with Crippen LogP contribution in [0.2, 0.25) is 5.02 Å². The fourth-order valence-corrected chi connectivity index (χ4v) is 7.50. The van der Waals surface area contributed by atoms with Gasteiger partial charge in [-0.2, -0.15) is 0 Å². The van der Waals surface area contributed by atoms with Crippen LogP contribution in [0.15, 0.2) is 53.4 Å². The molecular formula is C30H37ClN4O2S. The second-order valence-electron chi connectivity index (χ2n) is 10.7. The van der Waals surface area contributed by atoms with E-state index in [9.17, 15) is 9.59 Å². The number of thioether (sulfide) groups is 1. The maximum Gasteiger partial charge on any atom is 0.260 e. The minimum atomic E-state index is -0.0333. The minimum absolute atomic E-state index is 0.0333. The molecule has 2 saturated heterocycles. The Hall–Kier alpha value is -2.48. The molecule has 8 heteroatoms. The van der Waals surface area contributed by atoms with Gasteiger partial charge in [-0.05, 0) is 56.0 Å². The number of fused-ring (bicyclic) bond motifs is 1. The predicted octanol–water partition coefficient (Wildman–Crippen LogP) is 4.67. The standard InChI is InChI=1S/C30H37ClN4O2S/c1-21-5-3-6-22(17-21)18-28-30(37)33(2)26-19-23(9-10-27(26)38-28)29(36)32-11-12-34-13-15-35(16-14-34)25-8-4-7-24(31)20-25/h3-8,17-18,20,23,26-27H,9-16,19H2,1-2H3,(H,32,36)/b28-18-. The molecule has 0 radical (unpaired) electrons. The number of benzene rings is 2. The van der Waals surface area contributed by atoms with E-state index in [1.165, 1.54) is 11.3 Å². The highest BCUT2D eigenvalue weighted by Crippen LogP contribution is 2.43. The van der Waals surface area contributed by atoms with Gasteiger partial charge in [0, 0.05) is 74.2 Å². The van der Waals surface area contributed by atoms with Crippen molar-refractivity contribution in [3.8, 4) is 0 Å².